The highest BCUT2D eigenvalue weighted by atomic mass is 35.5. The molecule has 63 heavy (non-hydrogen) atoms. The van der Waals surface area contributed by atoms with Gasteiger partial charge in [0.15, 0.2) is 34.9 Å². The van der Waals surface area contributed by atoms with Gasteiger partial charge in [-0.2, -0.15) is 0 Å². The Morgan fingerprint density at radius 2 is 1.19 bits per heavy atom. The number of ether oxygens (including phenoxy) is 3. The van der Waals surface area contributed by atoms with Crippen LogP contribution in [-0.2, 0) is 14.2 Å². The van der Waals surface area contributed by atoms with Crippen LogP contribution >= 0.6 is 23.2 Å². The van der Waals surface area contributed by atoms with Crippen molar-refractivity contribution in [2.24, 2.45) is 0 Å². The lowest BCUT2D eigenvalue weighted by Crippen LogP contribution is -2.47. The number of rotatable bonds is 13. The second-order valence-electron chi connectivity index (χ2n) is 14.6. The third-order valence-corrected chi connectivity index (χ3v) is 10.9. The van der Waals surface area contributed by atoms with E-state index in [0.717, 1.165) is 61.7 Å². The van der Waals surface area contributed by atoms with E-state index in [-0.39, 0.29) is 49.6 Å². The Morgan fingerprint density at radius 1 is 0.714 bits per heavy atom. The zero-order valence-electron chi connectivity index (χ0n) is 34.2. The second kappa shape index (κ2) is 21.4. The molecule has 2 fully saturated rings. The van der Waals surface area contributed by atoms with Crippen LogP contribution < -0.4 is 10.6 Å². The fraction of sp³-hybridized carbons (Fsp3) is 0.415. The first-order valence-corrected chi connectivity index (χ1v) is 21.1. The molecule has 0 unspecified atom stereocenters. The number of nitrogens with one attached hydrogen (secondary N) is 4. The minimum absolute atomic E-state index is 0.0250. The fourth-order valence-electron chi connectivity index (χ4n) is 7.41. The fourth-order valence-corrected chi connectivity index (χ4v) is 7.72. The highest BCUT2D eigenvalue weighted by molar-refractivity contribution is 6.31. The van der Waals surface area contributed by atoms with Crippen LogP contribution in [0.1, 0.15) is 38.5 Å². The van der Waals surface area contributed by atoms with Gasteiger partial charge in [0.2, 0.25) is 0 Å². The van der Waals surface area contributed by atoms with Crippen molar-refractivity contribution < 1.29 is 37.0 Å². The van der Waals surface area contributed by atoms with Gasteiger partial charge in [-0.25, -0.2) is 52.7 Å². The molecule has 2 aliphatic rings. The normalized spacial score (nSPS) is 16.4. The second-order valence-corrected chi connectivity index (χ2v) is 15.5. The van der Waals surface area contributed by atoms with E-state index in [1.54, 1.807) is 47.6 Å². The number of carbonyl (C=O) groups excluding carboxylic acids is 2. The van der Waals surface area contributed by atoms with Crippen LogP contribution in [0.25, 0.3) is 44.8 Å². The summed E-state index contributed by atoms with van der Waals surface area (Å²) in [5.74, 6) is -0.447. The summed E-state index contributed by atoms with van der Waals surface area (Å²) in [5.41, 5.74) is 2.56. The molecule has 8 heterocycles. The summed E-state index contributed by atoms with van der Waals surface area (Å²) in [6, 6.07) is 3.14. The SMILES string of the molecule is COCCOC(=O)N1CCCC[C@H]1CNc1nc(-c2c[nH]c3ncc(Cl)cc23)ncc1F.O=C(OCCF)N1CCCC[C@@H]1CNc1nc(-c2c[nH]c3ncc(Cl)cc23)ncc1F. The quantitative estimate of drug-likeness (QED) is 0.0812. The first kappa shape index (κ1) is 45.0. The van der Waals surface area contributed by atoms with Gasteiger partial charge in [0, 0.05) is 80.0 Å². The van der Waals surface area contributed by atoms with Gasteiger partial charge < -0.3 is 44.6 Å². The zero-order valence-corrected chi connectivity index (χ0v) is 35.7. The van der Waals surface area contributed by atoms with Gasteiger partial charge in [0.25, 0.3) is 0 Å². The number of methoxy groups -OCH3 is 1. The number of anilines is 2. The molecular formula is C41H45Cl2F3N12O5. The topological polar surface area (TPSA) is 201 Å². The van der Waals surface area contributed by atoms with Gasteiger partial charge in [-0.05, 0) is 50.7 Å². The summed E-state index contributed by atoms with van der Waals surface area (Å²) in [5, 5.41) is 8.44. The number of alkyl halides is 1. The van der Waals surface area contributed by atoms with Crippen LogP contribution in [0.3, 0.4) is 0 Å². The van der Waals surface area contributed by atoms with Crippen LogP contribution in [0.5, 0.6) is 0 Å². The van der Waals surface area contributed by atoms with Crippen molar-refractivity contribution in [1.82, 2.24) is 49.7 Å². The molecule has 4 N–H and O–H groups in total. The maximum Gasteiger partial charge on any atom is 0.410 e. The number of amides is 2. The van der Waals surface area contributed by atoms with E-state index in [0.29, 0.717) is 70.4 Å². The van der Waals surface area contributed by atoms with Crippen LogP contribution in [0, 0.1) is 11.6 Å². The highest BCUT2D eigenvalue weighted by Gasteiger charge is 2.30. The molecule has 2 aliphatic heterocycles. The molecule has 0 spiro atoms. The number of aromatic amines is 2. The number of nitrogens with zero attached hydrogens (tertiary/aromatic N) is 8. The number of pyridine rings is 2. The smallest absolute Gasteiger partial charge is 0.410 e. The summed E-state index contributed by atoms with van der Waals surface area (Å²) in [7, 11) is 1.55. The van der Waals surface area contributed by atoms with E-state index >= 15 is 0 Å². The van der Waals surface area contributed by atoms with Crippen molar-refractivity contribution >= 4 is 69.1 Å². The molecule has 0 saturated carbocycles. The molecule has 2 amide bonds. The molecule has 334 valence electrons. The van der Waals surface area contributed by atoms with Crippen LogP contribution in [0.2, 0.25) is 10.0 Å². The standard InChI is InChI=1S/C21H24ClFN6O3.C20H21ClF2N6O2/c1-31-6-7-32-21(30)29-5-3-2-4-14(29)10-25-20-17(23)12-27-19(28-20)16-11-26-18-15(16)8-13(22)9-24-18;21-12-7-14-15(10-26-17(14)24-8-12)18-27-11-16(23)19(28-18)25-9-13-3-1-2-5-29(13)20(30)31-6-4-22/h8-9,11-12,14H,2-7,10H2,1H3,(H,24,26)(H,25,27,28);7-8,10-11,13H,1-6,9H2,(H,24,26)(H,25,27,28)/t14-;13-/m01/s1. The monoisotopic (exact) mass is 912 g/mol. The molecule has 0 aliphatic carbocycles. The van der Waals surface area contributed by atoms with Gasteiger partial charge in [-0.1, -0.05) is 23.2 Å². The molecule has 2 atom stereocenters. The number of H-pyrrole nitrogens is 2. The van der Waals surface area contributed by atoms with Crippen molar-refractivity contribution in [3.05, 3.63) is 71.0 Å². The number of likely N-dealkylation sites (tertiary alicyclic amines) is 2. The minimum Gasteiger partial charge on any atom is -0.447 e. The number of halogens is 5. The van der Waals surface area contributed by atoms with E-state index in [1.165, 1.54) is 6.20 Å². The molecule has 2 saturated heterocycles. The van der Waals surface area contributed by atoms with Gasteiger partial charge in [-0.15, -0.1) is 0 Å². The Morgan fingerprint density at radius 3 is 1.65 bits per heavy atom. The predicted octanol–water partition coefficient (Wildman–Crippen LogP) is 8.05. The summed E-state index contributed by atoms with van der Waals surface area (Å²) in [6.45, 7) is 1.25. The van der Waals surface area contributed by atoms with Crippen LogP contribution in [0.15, 0.2) is 49.3 Å². The maximum absolute atomic E-state index is 14.5. The van der Waals surface area contributed by atoms with Gasteiger partial charge in [0.05, 0.1) is 41.1 Å². The molecular weight excluding hydrogens is 868 g/mol. The first-order valence-electron chi connectivity index (χ1n) is 20.3. The van der Waals surface area contributed by atoms with Crippen LogP contribution in [0.4, 0.5) is 34.4 Å². The summed E-state index contributed by atoms with van der Waals surface area (Å²) in [6.07, 6.45) is 12.9. The summed E-state index contributed by atoms with van der Waals surface area (Å²) in [4.78, 5) is 59.3. The lowest BCUT2D eigenvalue weighted by atomic mass is 10.0. The van der Waals surface area contributed by atoms with Gasteiger partial charge in [-0.3, -0.25) is 0 Å². The number of carbonyl (C=O) groups is 2. The molecule has 0 aromatic carbocycles. The average molecular weight is 914 g/mol. The molecule has 6 aromatic heterocycles. The number of aromatic nitrogens is 8. The number of piperidine rings is 2. The molecule has 6 aromatic rings. The lowest BCUT2D eigenvalue weighted by Gasteiger charge is -2.35. The third kappa shape index (κ3) is 11.2. The Hall–Kier alpha value is -5.99. The largest absolute Gasteiger partial charge is 0.447 e. The average Bonchev–Trinajstić information content (AvgIpc) is 3.92. The Balaban J connectivity index is 0.000000189. The van der Waals surface area contributed by atoms with Gasteiger partial charge in [0.1, 0.15) is 31.2 Å². The molecule has 17 nitrogen and oxygen atoms in total. The predicted molar refractivity (Wildman–Crippen MR) is 230 cm³/mol. The summed E-state index contributed by atoms with van der Waals surface area (Å²) >= 11 is 12.1. The maximum atomic E-state index is 14.5. The van der Waals surface area contributed by atoms with Crippen molar-refractivity contribution in [3.63, 3.8) is 0 Å². The zero-order chi connectivity index (χ0) is 44.3. The Labute approximate surface area is 369 Å². The van der Waals surface area contributed by atoms with Crippen LogP contribution in [-0.4, -0.2) is 134 Å². The Kier molecular flexibility index (Phi) is 15.3. The van der Waals surface area contributed by atoms with E-state index in [9.17, 15) is 22.8 Å². The van der Waals surface area contributed by atoms with Crippen molar-refractivity contribution in [1.29, 1.82) is 0 Å². The molecule has 0 radical (unpaired) electrons. The van der Waals surface area contributed by atoms with Crippen molar-refractivity contribution in [2.75, 3.05) is 70.4 Å². The number of fused-ring (bicyclic) bond motifs is 2. The summed E-state index contributed by atoms with van der Waals surface area (Å²) < 4.78 is 56.3. The molecule has 22 heteroatoms. The van der Waals surface area contributed by atoms with E-state index in [1.807, 2.05) is 0 Å². The molecule has 0 bridgehead atoms. The lowest BCUT2D eigenvalue weighted by molar-refractivity contribution is 0.0544. The number of hydrogen-bond acceptors (Lipinski definition) is 13. The molecule has 8 rings (SSSR count). The first-order chi connectivity index (χ1) is 30.6. The minimum atomic E-state index is -0.730. The van der Waals surface area contributed by atoms with E-state index in [4.69, 9.17) is 37.4 Å². The van der Waals surface area contributed by atoms with Crippen molar-refractivity contribution in [2.45, 2.75) is 50.6 Å². The van der Waals surface area contributed by atoms with E-state index in [2.05, 4.69) is 50.5 Å². The Bertz CT molecular complexity index is 2510. The van der Waals surface area contributed by atoms with Gasteiger partial charge >= 0.3 is 12.2 Å². The number of hydrogen-bond donors (Lipinski definition) is 4. The highest BCUT2D eigenvalue weighted by Crippen LogP contribution is 2.30. The van der Waals surface area contributed by atoms with Crippen molar-refractivity contribution in [3.8, 4) is 22.8 Å². The third-order valence-electron chi connectivity index (χ3n) is 10.5. The van der Waals surface area contributed by atoms with E-state index < -0.39 is 24.4 Å².